The Hall–Kier alpha value is -1.16. The summed E-state index contributed by atoms with van der Waals surface area (Å²) in [5.41, 5.74) is 2.75. The van der Waals surface area contributed by atoms with Gasteiger partial charge in [0, 0.05) is 24.5 Å². The van der Waals surface area contributed by atoms with Crippen LogP contribution in [0.1, 0.15) is 28.5 Å². The zero-order valence-corrected chi connectivity index (χ0v) is 12.8. The Balaban J connectivity index is 1.93. The Bertz CT molecular complexity index is 510. The Morgan fingerprint density at radius 1 is 1.10 bits per heavy atom. The zero-order valence-electron chi connectivity index (χ0n) is 12.0. The molecule has 1 unspecified atom stereocenters. The molecule has 0 saturated carbocycles. The molecule has 20 heavy (non-hydrogen) atoms. The standard InChI is InChI=1S/C17H22N2S/c1-14-5-7-15(8-6-14)17(16-4-2-13-20-16)19-11-3-9-18-10-12-19/h2,4-8,13,17-18H,3,9-12H2,1H3. The van der Waals surface area contributed by atoms with E-state index in [9.17, 15) is 0 Å². The van der Waals surface area contributed by atoms with Gasteiger partial charge in [-0.1, -0.05) is 35.9 Å². The summed E-state index contributed by atoms with van der Waals surface area (Å²) in [7, 11) is 0. The third-order valence-corrected chi connectivity index (χ3v) is 4.87. The lowest BCUT2D eigenvalue weighted by atomic mass is 10.0. The Morgan fingerprint density at radius 2 is 1.95 bits per heavy atom. The average Bonchev–Trinajstić information content (AvgIpc) is 2.85. The van der Waals surface area contributed by atoms with Gasteiger partial charge in [0.05, 0.1) is 6.04 Å². The molecule has 2 heterocycles. The van der Waals surface area contributed by atoms with E-state index in [0.29, 0.717) is 6.04 Å². The van der Waals surface area contributed by atoms with E-state index in [1.165, 1.54) is 29.0 Å². The highest BCUT2D eigenvalue weighted by Gasteiger charge is 2.23. The minimum absolute atomic E-state index is 0.412. The fraction of sp³-hybridized carbons (Fsp3) is 0.412. The van der Waals surface area contributed by atoms with Crippen LogP contribution in [0, 0.1) is 6.92 Å². The van der Waals surface area contributed by atoms with Crippen molar-refractivity contribution >= 4 is 11.3 Å². The second kappa shape index (κ2) is 6.53. The van der Waals surface area contributed by atoms with E-state index in [-0.39, 0.29) is 0 Å². The number of benzene rings is 1. The first-order valence-electron chi connectivity index (χ1n) is 7.39. The fourth-order valence-corrected chi connectivity index (χ4v) is 3.76. The van der Waals surface area contributed by atoms with Crippen molar-refractivity contribution in [3.63, 3.8) is 0 Å². The van der Waals surface area contributed by atoms with Crippen LogP contribution in [0.4, 0.5) is 0 Å². The SMILES string of the molecule is Cc1ccc(C(c2cccs2)N2CCCNCC2)cc1. The summed E-state index contributed by atoms with van der Waals surface area (Å²) in [5.74, 6) is 0. The maximum atomic E-state index is 3.50. The molecule has 3 heteroatoms. The molecule has 1 aliphatic rings. The molecule has 1 N–H and O–H groups in total. The van der Waals surface area contributed by atoms with E-state index in [2.05, 4.69) is 58.9 Å². The first kappa shape index (κ1) is 13.8. The van der Waals surface area contributed by atoms with Gasteiger partial charge in [0.25, 0.3) is 0 Å². The first-order valence-corrected chi connectivity index (χ1v) is 8.27. The summed E-state index contributed by atoms with van der Waals surface area (Å²) in [6.07, 6.45) is 1.23. The summed E-state index contributed by atoms with van der Waals surface area (Å²) >= 11 is 1.87. The maximum absolute atomic E-state index is 3.50. The van der Waals surface area contributed by atoms with E-state index in [1.807, 2.05) is 11.3 Å². The predicted octanol–water partition coefficient (Wildman–Crippen LogP) is 3.44. The molecule has 2 aromatic rings. The molecule has 1 aliphatic heterocycles. The number of nitrogens with zero attached hydrogens (tertiary/aromatic N) is 1. The van der Waals surface area contributed by atoms with Gasteiger partial charge in [0.1, 0.15) is 0 Å². The molecule has 0 bridgehead atoms. The summed E-state index contributed by atoms with van der Waals surface area (Å²) in [6, 6.07) is 13.9. The average molecular weight is 286 g/mol. The molecular weight excluding hydrogens is 264 g/mol. The number of rotatable bonds is 3. The molecule has 106 valence electrons. The van der Waals surface area contributed by atoms with Crippen molar-refractivity contribution in [3.05, 3.63) is 57.8 Å². The van der Waals surface area contributed by atoms with Crippen LogP contribution in [-0.4, -0.2) is 31.1 Å². The molecule has 1 fully saturated rings. The monoisotopic (exact) mass is 286 g/mol. The van der Waals surface area contributed by atoms with Gasteiger partial charge in [-0.05, 0) is 36.9 Å². The van der Waals surface area contributed by atoms with Crippen molar-refractivity contribution in [2.75, 3.05) is 26.2 Å². The highest BCUT2D eigenvalue weighted by Crippen LogP contribution is 2.32. The Labute approximate surface area is 125 Å². The van der Waals surface area contributed by atoms with Crippen LogP contribution in [0.2, 0.25) is 0 Å². The number of aryl methyl sites for hydroxylation is 1. The van der Waals surface area contributed by atoms with E-state index >= 15 is 0 Å². The van der Waals surface area contributed by atoms with E-state index < -0.39 is 0 Å². The van der Waals surface area contributed by atoms with Crippen molar-refractivity contribution in [1.82, 2.24) is 10.2 Å². The molecule has 1 saturated heterocycles. The normalized spacial score (nSPS) is 18.6. The van der Waals surface area contributed by atoms with Gasteiger partial charge in [-0.2, -0.15) is 0 Å². The summed E-state index contributed by atoms with van der Waals surface area (Å²) in [6.45, 7) is 6.68. The fourth-order valence-electron chi connectivity index (χ4n) is 2.88. The second-order valence-electron chi connectivity index (χ2n) is 5.47. The lowest BCUT2D eigenvalue weighted by Gasteiger charge is -2.30. The van der Waals surface area contributed by atoms with Crippen LogP contribution in [0.5, 0.6) is 0 Å². The van der Waals surface area contributed by atoms with Crippen LogP contribution in [-0.2, 0) is 0 Å². The topological polar surface area (TPSA) is 15.3 Å². The minimum Gasteiger partial charge on any atom is -0.315 e. The molecule has 0 aliphatic carbocycles. The number of thiophene rings is 1. The van der Waals surface area contributed by atoms with E-state index in [0.717, 1.165) is 19.6 Å². The highest BCUT2D eigenvalue weighted by molar-refractivity contribution is 7.10. The van der Waals surface area contributed by atoms with Crippen LogP contribution < -0.4 is 5.32 Å². The van der Waals surface area contributed by atoms with Gasteiger partial charge in [0.2, 0.25) is 0 Å². The van der Waals surface area contributed by atoms with Gasteiger partial charge in [-0.3, -0.25) is 4.90 Å². The third-order valence-electron chi connectivity index (χ3n) is 3.95. The molecule has 0 radical (unpaired) electrons. The molecule has 0 spiro atoms. The summed E-state index contributed by atoms with van der Waals surface area (Å²) < 4.78 is 0. The van der Waals surface area contributed by atoms with Crippen molar-refractivity contribution in [3.8, 4) is 0 Å². The number of nitrogens with one attached hydrogen (secondary N) is 1. The number of hydrogen-bond acceptors (Lipinski definition) is 3. The molecular formula is C17H22N2S. The molecule has 1 atom stereocenters. The van der Waals surface area contributed by atoms with Gasteiger partial charge >= 0.3 is 0 Å². The summed E-state index contributed by atoms with van der Waals surface area (Å²) in [4.78, 5) is 4.08. The Morgan fingerprint density at radius 3 is 2.70 bits per heavy atom. The van der Waals surface area contributed by atoms with E-state index in [4.69, 9.17) is 0 Å². The Kier molecular flexibility index (Phi) is 4.51. The van der Waals surface area contributed by atoms with E-state index in [1.54, 1.807) is 0 Å². The van der Waals surface area contributed by atoms with Gasteiger partial charge in [-0.15, -0.1) is 11.3 Å². The van der Waals surface area contributed by atoms with Crippen molar-refractivity contribution in [2.24, 2.45) is 0 Å². The van der Waals surface area contributed by atoms with Crippen LogP contribution >= 0.6 is 11.3 Å². The van der Waals surface area contributed by atoms with Gasteiger partial charge in [0.15, 0.2) is 0 Å². The lowest BCUT2D eigenvalue weighted by molar-refractivity contribution is 0.244. The zero-order chi connectivity index (χ0) is 13.8. The molecule has 0 amide bonds. The third kappa shape index (κ3) is 3.11. The smallest absolute Gasteiger partial charge is 0.0696 e. The second-order valence-corrected chi connectivity index (χ2v) is 6.45. The first-order chi connectivity index (χ1) is 9.84. The van der Waals surface area contributed by atoms with Gasteiger partial charge in [-0.25, -0.2) is 0 Å². The molecule has 3 rings (SSSR count). The number of hydrogen-bond donors (Lipinski definition) is 1. The van der Waals surface area contributed by atoms with Gasteiger partial charge < -0.3 is 5.32 Å². The lowest BCUT2D eigenvalue weighted by Crippen LogP contribution is -2.32. The summed E-state index contributed by atoms with van der Waals surface area (Å²) in [5, 5.41) is 5.69. The van der Waals surface area contributed by atoms with Crippen LogP contribution in [0.3, 0.4) is 0 Å². The quantitative estimate of drug-likeness (QED) is 0.930. The van der Waals surface area contributed by atoms with Crippen molar-refractivity contribution < 1.29 is 0 Å². The molecule has 2 nitrogen and oxygen atoms in total. The van der Waals surface area contributed by atoms with Crippen molar-refractivity contribution in [2.45, 2.75) is 19.4 Å². The maximum Gasteiger partial charge on any atom is 0.0696 e. The minimum atomic E-state index is 0.412. The van der Waals surface area contributed by atoms with Crippen molar-refractivity contribution in [1.29, 1.82) is 0 Å². The molecule has 1 aromatic heterocycles. The highest BCUT2D eigenvalue weighted by atomic mass is 32.1. The van der Waals surface area contributed by atoms with Crippen LogP contribution in [0.25, 0.3) is 0 Å². The molecule has 1 aromatic carbocycles. The predicted molar refractivity (Wildman–Crippen MR) is 86.4 cm³/mol. The largest absolute Gasteiger partial charge is 0.315 e. The van der Waals surface area contributed by atoms with Crippen LogP contribution in [0.15, 0.2) is 41.8 Å².